The molecule has 1 heterocycles. The molecule has 0 radical (unpaired) electrons. The standard InChI is InChI=1S/C15H15NO4S/c1-19-10-5-6-13(12(8-10)15(18)20-2)16-14(17)9-11-4-3-7-21-11/h3-8H,9H2,1-2H3,(H,16,17). The maximum absolute atomic E-state index is 12.0. The smallest absolute Gasteiger partial charge is 0.340 e. The fraction of sp³-hybridized carbons (Fsp3) is 0.200. The van der Waals surface area contributed by atoms with Crippen molar-refractivity contribution in [2.24, 2.45) is 0 Å². The first kappa shape index (κ1) is 15.1. The molecular formula is C15H15NO4S. The highest BCUT2D eigenvalue weighted by molar-refractivity contribution is 7.10. The maximum Gasteiger partial charge on any atom is 0.340 e. The van der Waals surface area contributed by atoms with Crippen molar-refractivity contribution in [2.75, 3.05) is 19.5 Å². The number of anilines is 1. The van der Waals surface area contributed by atoms with Crippen LogP contribution in [0.3, 0.4) is 0 Å². The normalized spacial score (nSPS) is 10.0. The van der Waals surface area contributed by atoms with Gasteiger partial charge in [-0.1, -0.05) is 6.07 Å². The molecule has 0 spiro atoms. The Labute approximate surface area is 126 Å². The second-order valence-corrected chi connectivity index (χ2v) is 5.24. The summed E-state index contributed by atoms with van der Waals surface area (Å²) in [6.07, 6.45) is 0.268. The van der Waals surface area contributed by atoms with E-state index in [0.717, 1.165) is 4.88 Å². The zero-order valence-corrected chi connectivity index (χ0v) is 12.5. The first-order valence-electron chi connectivity index (χ1n) is 6.22. The number of nitrogens with one attached hydrogen (secondary N) is 1. The monoisotopic (exact) mass is 305 g/mol. The van der Waals surface area contributed by atoms with Gasteiger partial charge in [0.1, 0.15) is 5.75 Å². The number of carbonyl (C=O) groups excluding carboxylic acids is 2. The highest BCUT2D eigenvalue weighted by Crippen LogP contribution is 2.23. The lowest BCUT2D eigenvalue weighted by molar-refractivity contribution is -0.115. The molecule has 1 aromatic carbocycles. The van der Waals surface area contributed by atoms with Gasteiger partial charge in [0.25, 0.3) is 0 Å². The third-order valence-electron chi connectivity index (χ3n) is 2.82. The number of carbonyl (C=O) groups is 2. The van der Waals surface area contributed by atoms with Crippen molar-refractivity contribution < 1.29 is 19.1 Å². The van der Waals surface area contributed by atoms with Crippen molar-refractivity contribution in [3.05, 3.63) is 46.2 Å². The van der Waals surface area contributed by atoms with Crippen LogP contribution in [-0.4, -0.2) is 26.1 Å². The lowest BCUT2D eigenvalue weighted by Crippen LogP contribution is -2.16. The van der Waals surface area contributed by atoms with Gasteiger partial charge in [0.15, 0.2) is 0 Å². The first-order valence-corrected chi connectivity index (χ1v) is 7.10. The predicted molar refractivity (Wildman–Crippen MR) is 81.0 cm³/mol. The van der Waals surface area contributed by atoms with Gasteiger partial charge in [0.05, 0.1) is 31.9 Å². The van der Waals surface area contributed by atoms with Crippen LogP contribution in [-0.2, 0) is 16.0 Å². The van der Waals surface area contributed by atoms with Crippen LogP contribution in [0.25, 0.3) is 0 Å². The van der Waals surface area contributed by atoms with Crippen molar-refractivity contribution in [2.45, 2.75) is 6.42 Å². The Balaban J connectivity index is 2.18. The van der Waals surface area contributed by atoms with E-state index in [1.165, 1.54) is 31.6 Å². The van der Waals surface area contributed by atoms with Crippen molar-refractivity contribution in [1.82, 2.24) is 0 Å². The number of methoxy groups -OCH3 is 2. The molecule has 5 nitrogen and oxygen atoms in total. The van der Waals surface area contributed by atoms with E-state index in [2.05, 4.69) is 5.32 Å². The molecule has 6 heteroatoms. The van der Waals surface area contributed by atoms with Crippen LogP contribution in [0, 0.1) is 0 Å². The molecule has 2 rings (SSSR count). The van der Waals surface area contributed by atoms with Gasteiger partial charge in [0, 0.05) is 4.88 Å². The largest absolute Gasteiger partial charge is 0.497 e. The first-order chi connectivity index (χ1) is 10.1. The molecule has 0 aliphatic carbocycles. The lowest BCUT2D eigenvalue weighted by atomic mass is 10.1. The van der Waals surface area contributed by atoms with Gasteiger partial charge < -0.3 is 14.8 Å². The number of ether oxygens (including phenoxy) is 2. The second-order valence-electron chi connectivity index (χ2n) is 4.21. The molecule has 1 aromatic heterocycles. The molecule has 0 fully saturated rings. The van der Waals surface area contributed by atoms with E-state index in [-0.39, 0.29) is 17.9 Å². The average Bonchev–Trinajstić information content (AvgIpc) is 2.99. The molecule has 0 saturated heterocycles. The number of esters is 1. The van der Waals surface area contributed by atoms with E-state index in [9.17, 15) is 9.59 Å². The Morgan fingerprint density at radius 2 is 2.05 bits per heavy atom. The van der Waals surface area contributed by atoms with Crippen LogP contribution in [0.1, 0.15) is 15.2 Å². The van der Waals surface area contributed by atoms with Gasteiger partial charge in [-0.25, -0.2) is 4.79 Å². The van der Waals surface area contributed by atoms with Gasteiger partial charge in [0.2, 0.25) is 5.91 Å². The average molecular weight is 305 g/mol. The summed E-state index contributed by atoms with van der Waals surface area (Å²) in [5, 5.41) is 4.64. The van der Waals surface area contributed by atoms with Crippen molar-refractivity contribution >= 4 is 28.9 Å². The zero-order valence-electron chi connectivity index (χ0n) is 11.7. The van der Waals surface area contributed by atoms with Gasteiger partial charge in [-0.2, -0.15) is 0 Å². The topological polar surface area (TPSA) is 64.6 Å². The Morgan fingerprint density at radius 1 is 1.24 bits per heavy atom. The van der Waals surface area contributed by atoms with Crippen molar-refractivity contribution in [3.63, 3.8) is 0 Å². The Bertz CT molecular complexity index is 637. The molecule has 0 unspecified atom stereocenters. The van der Waals surface area contributed by atoms with Gasteiger partial charge in [-0.05, 0) is 29.6 Å². The summed E-state index contributed by atoms with van der Waals surface area (Å²) in [7, 11) is 2.80. The van der Waals surface area contributed by atoms with Crippen LogP contribution in [0.2, 0.25) is 0 Å². The fourth-order valence-corrected chi connectivity index (χ4v) is 2.51. The zero-order chi connectivity index (χ0) is 15.2. The number of thiophene rings is 1. The summed E-state index contributed by atoms with van der Waals surface area (Å²) in [5.74, 6) is -0.195. The summed E-state index contributed by atoms with van der Waals surface area (Å²) in [4.78, 5) is 24.7. The quantitative estimate of drug-likeness (QED) is 0.863. The highest BCUT2D eigenvalue weighted by Gasteiger charge is 2.15. The Morgan fingerprint density at radius 3 is 2.67 bits per heavy atom. The molecule has 0 saturated carbocycles. The third kappa shape index (κ3) is 3.82. The molecule has 21 heavy (non-hydrogen) atoms. The predicted octanol–water partition coefficient (Wildman–Crippen LogP) is 2.72. The fourth-order valence-electron chi connectivity index (χ4n) is 1.80. The summed E-state index contributed by atoms with van der Waals surface area (Å²) < 4.78 is 9.80. The van der Waals surface area contributed by atoms with Crippen LogP contribution < -0.4 is 10.1 Å². The number of hydrogen-bond acceptors (Lipinski definition) is 5. The van der Waals surface area contributed by atoms with Crippen LogP contribution >= 0.6 is 11.3 Å². The molecule has 0 bridgehead atoms. The summed E-state index contributed by atoms with van der Waals surface area (Å²) in [6, 6.07) is 8.61. The minimum Gasteiger partial charge on any atom is -0.497 e. The number of rotatable bonds is 5. The third-order valence-corrected chi connectivity index (χ3v) is 3.70. The van der Waals surface area contributed by atoms with Crippen molar-refractivity contribution in [1.29, 1.82) is 0 Å². The van der Waals surface area contributed by atoms with E-state index in [1.807, 2.05) is 17.5 Å². The SMILES string of the molecule is COC(=O)c1cc(OC)ccc1NC(=O)Cc1cccs1. The van der Waals surface area contributed by atoms with E-state index >= 15 is 0 Å². The Hall–Kier alpha value is -2.34. The van der Waals surface area contributed by atoms with Crippen LogP contribution in [0.15, 0.2) is 35.7 Å². The number of hydrogen-bond donors (Lipinski definition) is 1. The minimum absolute atomic E-state index is 0.187. The van der Waals surface area contributed by atoms with E-state index in [0.29, 0.717) is 11.4 Å². The second kappa shape index (κ2) is 6.90. The van der Waals surface area contributed by atoms with Crippen LogP contribution in [0.5, 0.6) is 5.75 Å². The number of benzene rings is 1. The van der Waals surface area contributed by atoms with Crippen molar-refractivity contribution in [3.8, 4) is 5.75 Å². The summed E-state index contributed by atoms with van der Waals surface area (Å²) in [5.41, 5.74) is 0.667. The maximum atomic E-state index is 12.0. The summed E-state index contributed by atoms with van der Waals surface area (Å²) in [6.45, 7) is 0. The van der Waals surface area contributed by atoms with E-state index in [4.69, 9.17) is 9.47 Å². The van der Waals surface area contributed by atoms with Gasteiger partial charge in [-0.15, -0.1) is 11.3 Å². The lowest BCUT2D eigenvalue weighted by Gasteiger charge is -2.11. The summed E-state index contributed by atoms with van der Waals surface area (Å²) >= 11 is 1.51. The van der Waals surface area contributed by atoms with E-state index in [1.54, 1.807) is 12.1 Å². The van der Waals surface area contributed by atoms with Gasteiger partial charge >= 0.3 is 5.97 Å². The highest BCUT2D eigenvalue weighted by atomic mass is 32.1. The molecule has 0 atom stereocenters. The van der Waals surface area contributed by atoms with Crippen LogP contribution in [0.4, 0.5) is 5.69 Å². The Kier molecular flexibility index (Phi) is 4.94. The molecule has 110 valence electrons. The van der Waals surface area contributed by atoms with Gasteiger partial charge in [-0.3, -0.25) is 4.79 Å². The van der Waals surface area contributed by atoms with E-state index < -0.39 is 5.97 Å². The molecule has 0 aliphatic heterocycles. The molecule has 0 aliphatic rings. The number of amides is 1. The molecular weight excluding hydrogens is 290 g/mol. The molecule has 1 amide bonds. The molecule has 2 aromatic rings. The molecule has 1 N–H and O–H groups in total. The minimum atomic E-state index is -0.527.